The third-order valence-corrected chi connectivity index (χ3v) is 3.70. The van der Waals surface area contributed by atoms with Crippen molar-refractivity contribution < 1.29 is 9.50 Å². The summed E-state index contributed by atoms with van der Waals surface area (Å²) >= 11 is 0. The van der Waals surface area contributed by atoms with Gasteiger partial charge in [-0.1, -0.05) is 30.3 Å². The number of hydrogen-bond donors (Lipinski definition) is 1. The molecular formula is C17H20FNO. The molecule has 3 heteroatoms. The van der Waals surface area contributed by atoms with E-state index in [1.165, 1.54) is 23.8 Å². The van der Waals surface area contributed by atoms with Crippen molar-refractivity contribution in [2.75, 3.05) is 13.6 Å². The van der Waals surface area contributed by atoms with Crippen LogP contribution < -0.4 is 0 Å². The van der Waals surface area contributed by atoms with Gasteiger partial charge in [0.15, 0.2) is 0 Å². The van der Waals surface area contributed by atoms with Gasteiger partial charge in [-0.05, 0) is 44.2 Å². The molecule has 0 aliphatic heterocycles. The summed E-state index contributed by atoms with van der Waals surface area (Å²) in [5, 5.41) is 9.85. The van der Waals surface area contributed by atoms with Crippen LogP contribution in [0.3, 0.4) is 0 Å². The SMILES string of the molecule is CC(c1cc(F)ccc1O)N(C)CCc1ccccc1. The quantitative estimate of drug-likeness (QED) is 0.896. The highest BCUT2D eigenvalue weighted by Crippen LogP contribution is 2.28. The summed E-state index contributed by atoms with van der Waals surface area (Å²) < 4.78 is 13.3. The van der Waals surface area contributed by atoms with Crippen molar-refractivity contribution in [1.82, 2.24) is 4.90 Å². The predicted octanol–water partition coefficient (Wildman–Crippen LogP) is 3.77. The van der Waals surface area contributed by atoms with Gasteiger partial charge in [-0.3, -0.25) is 4.90 Å². The Labute approximate surface area is 119 Å². The molecule has 2 aromatic rings. The van der Waals surface area contributed by atoms with Gasteiger partial charge in [0.25, 0.3) is 0 Å². The van der Waals surface area contributed by atoms with Gasteiger partial charge in [-0.25, -0.2) is 4.39 Å². The molecule has 0 saturated carbocycles. The van der Waals surface area contributed by atoms with Gasteiger partial charge < -0.3 is 5.11 Å². The highest BCUT2D eigenvalue weighted by atomic mass is 19.1. The van der Waals surface area contributed by atoms with Crippen molar-refractivity contribution in [3.8, 4) is 5.75 Å². The van der Waals surface area contributed by atoms with Crippen LogP contribution in [0.15, 0.2) is 48.5 Å². The second kappa shape index (κ2) is 6.53. The minimum atomic E-state index is -0.318. The van der Waals surface area contributed by atoms with Gasteiger partial charge in [0.05, 0.1) is 0 Å². The summed E-state index contributed by atoms with van der Waals surface area (Å²) in [6.45, 7) is 2.82. The molecule has 0 fully saturated rings. The number of likely N-dealkylation sites (N-methyl/N-ethyl adjacent to an activating group) is 1. The third kappa shape index (κ3) is 3.58. The number of aromatic hydroxyl groups is 1. The minimum absolute atomic E-state index is 0.0330. The molecule has 0 aliphatic carbocycles. The zero-order valence-electron chi connectivity index (χ0n) is 11.9. The molecule has 0 amide bonds. The Bertz CT molecular complexity index is 556. The van der Waals surface area contributed by atoms with E-state index in [0.29, 0.717) is 5.56 Å². The van der Waals surface area contributed by atoms with E-state index in [1.54, 1.807) is 0 Å². The fourth-order valence-electron chi connectivity index (χ4n) is 2.24. The second-order valence-electron chi connectivity index (χ2n) is 5.10. The van der Waals surface area contributed by atoms with E-state index in [4.69, 9.17) is 0 Å². The Morgan fingerprint density at radius 3 is 2.55 bits per heavy atom. The maximum atomic E-state index is 13.3. The fourth-order valence-corrected chi connectivity index (χ4v) is 2.24. The van der Waals surface area contributed by atoms with Crippen LogP contribution in [-0.2, 0) is 6.42 Å². The van der Waals surface area contributed by atoms with Crippen LogP contribution >= 0.6 is 0 Å². The Morgan fingerprint density at radius 1 is 1.15 bits per heavy atom. The lowest BCUT2D eigenvalue weighted by Gasteiger charge is -2.25. The van der Waals surface area contributed by atoms with E-state index in [9.17, 15) is 9.50 Å². The van der Waals surface area contributed by atoms with Crippen LogP contribution in [0, 0.1) is 5.82 Å². The Hall–Kier alpha value is -1.87. The van der Waals surface area contributed by atoms with E-state index in [-0.39, 0.29) is 17.6 Å². The highest BCUT2D eigenvalue weighted by Gasteiger charge is 2.15. The van der Waals surface area contributed by atoms with Crippen LogP contribution in [0.25, 0.3) is 0 Å². The molecular weight excluding hydrogens is 253 g/mol. The van der Waals surface area contributed by atoms with Crippen LogP contribution in [0.1, 0.15) is 24.1 Å². The summed E-state index contributed by atoms with van der Waals surface area (Å²) in [7, 11) is 1.98. The van der Waals surface area contributed by atoms with Crippen LogP contribution in [0.4, 0.5) is 4.39 Å². The van der Waals surface area contributed by atoms with Crippen molar-refractivity contribution in [3.63, 3.8) is 0 Å². The number of benzene rings is 2. The normalized spacial score (nSPS) is 12.6. The smallest absolute Gasteiger partial charge is 0.123 e. The zero-order chi connectivity index (χ0) is 14.5. The predicted molar refractivity (Wildman–Crippen MR) is 79.3 cm³/mol. The number of halogens is 1. The van der Waals surface area contributed by atoms with Crippen molar-refractivity contribution in [1.29, 1.82) is 0 Å². The molecule has 2 rings (SSSR count). The average molecular weight is 273 g/mol. The zero-order valence-corrected chi connectivity index (χ0v) is 11.9. The van der Waals surface area contributed by atoms with Crippen molar-refractivity contribution in [3.05, 3.63) is 65.5 Å². The Balaban J connectivity index is 2.01. The lowest BCUT2D eigenvalue weighted by Crippen LogP contribution is -2.25. The first-order valence-corrected chi connectivity index (χ1v) is 6.80. The molecule has 106 valence electrons. The number of phenols is 1. The minimum Gasteiger partial charge on any atom is -0.508 e. The van der Waals surface area contributed by atoms with Gasteiger partial charge in [-0.15, -0.1) is 0 Å². The molecule has 0 aromatic heterocycles. The van der Waals surface area contributed by atoms with Crippen molar-refractivity contribution in [2.45, 2.75) is 19.4 Å². The maximum absolute atomic E-state index is 13.3. The van der Waals surface area contributed by atoms with Gasteiger partial charge in [-0.2, -0.15) is 0 Å². The molecule has 0 bridgehead atoms. The van der Waals surface area contributed by atoms with Gasteiger partial charge >= 0.3 is 0 Å². The first-order valence-electron chi connectivity index (χ1n) is 6.80. The maximum Gasteiger partial charge on any atom is 0.123 e. The number of hydrogen-bond acceptors (Lipinski definition) is 2. The second-order valence-corrected chi connectivity index (χ2v) is 5.10. The molecule has 0 heterocycles. The molecule has 0 radical (unpaired) electrons. The lowest BCUT2D eigenvalue weighted by atomic mass is 10.0. The molecule has 0 aliphatic rings. The van der Waals surface area contributed by atoms with Gasteiger partial charge in [0.1, 0.15) is 11.6 Å². The summed E-state index contributed by atoms with van der Waals surface area (Å²) in [6.07, 6.45) is 0.928. The number of nitrogens with zero attached hydrogens (tertiary/aromatic N) is 1. The topological polar surface area (TPSA) is 23.5 Å². The summed E-state index contributed by atoms with van der Waals surface area (Å²) in [5.41, 5.74) is 1.90. The Kier molecular flexibility index (Phi) is 4.74. The van der Waals surface area contributed by atoms with Crippen molar-refractivity contribution in [2.24, 2.45) is 0 Å². The monoisotopic (exact) mass is 273 g/mol. The summed E-state index contributed by atoms with van der Waals surface area (Å²) in [5.74, 6) is -0.174. The Morgan fingerprint density at radius 2 is 1.85 bits per heavy atom. The molecule has 0 spiro atoms. The van der Waals surface area contributed by atoms with E-state index >= 15 is 0 Å². The van der Waals surface area contributed by atoms with Gasteiger partial charge in [0, 0.05) is 18.2 Å². The van der Waals surface area contributed by atoms with E-state index < -0.39 is 0 Å². The molecule has 20 heavy (non-hydrogen) atoms. The summed E-state index contributed by atoms with van der Waals surface area (Å²) in [6, 6.07) is 14.3. The largest absolute Gasteiger partial charge is 0.508 e. The average Bonchev–Trinajstić information content (AvgIpc) is 2.47. The molecule has 2 aromatic carbocycles. The molecule has 1 atom stereocenters. The van der Waals surface area contributed by atoms with Crippen LogP contribution in [0.5, 0.6) is 5.75 Å². The number of phenolic OH excluding ortho intramolecular Hbond substituents is 1. The van der Waals surface area contributed by atoms with E-state index in [2.05, 4.69) is 17.0 Å². The van der Waals surface area contributed by atoms with Crippen molar-refractivity contribution >= 4 is 0 Å². The highest BCUT2D eigenvalue weighted by molar-refractivity contribution is 5.34. The summed E-state index contributed by atoms with van der Waals surface area (Å²) in [4.78, 5) is 2.11. The molecule has 1 N–H and O–H groups in total. The van der Waals surface area contributed by atoms with E-state index in [0.717, 1.165) is 13.0 Å². The van der Waals surface area contributed by atoms with Crippen LogP contribution in [-0.4, -0.2) is 23.6 Å². The first-order chi connectivity index (χ1) is 9.58. The molecule has 1 unspecified atom stereocenters. The standard InChI is InChI=1S/C17H20FNO/c1-13(16-12-15(18)8-9-17(16)20)19(2)11-10-14-6-4-3-5-7-14/h3-9,12-13,20H,10-11H2,1-2H3. The molecule has 0 saturated heterocycles. The van der Waals surface area contributed by atoms with Gasteiger partial charge in [0.2, 0.25) is 0 Å². The fraction of sp³-hybridized carbons (Fsp3) is 0.294. The molecule has 2 nitrogen and oxygen atoms in total. The van der Waals surface area contributed by atoms with Crippen LogP contribution in [0.2, 0.25) is 0 Å². The lowest BCUT2D eigenvalue weighted by molar-refractivity contribution is 0.259. The third-order valence-electron chi connectivity index (χ3n) is 3.70. The first kappa shape index (κ1) is 14.5. The van der Waals surface area contributed by atoms with E-state index in [1.807, 2.05) is 32.2 Å². The number of rotatable bonds is 5.